The molecule has 5 rings (SSSR count). The summed E-state index contributed by atoms with van der Waals surface area (Å²) in [6.07, 6.45) is 3.20. The summed E-state index contributed by atoms with van der Waals surface area (Å²) in [4.78, 5) is 37.1. The Morgan fingerprint density at radius 2 is 1.72 bits per heavy atom. The van der Waals surface area contributed by atoms with E-state index in [1.54, 1.807) is 25.4 Å². The first-order valence-corrected chi connectivity index (χ1v) is 10.3. The van der Waals surface area contributed by atoms with Crippen LogP contribution in [0.3, 0.4) is 0 Å². The van der Waals surface area contributed by atoms with Crippen LogP contribution in [0.4, 0.5) is 0 Å². The van der Waals surface area contributed by atoms with Crippen molar-refractivity contribution < 1.29 is 9.53 Å². The van der Waals surface area contributed by atoms with Gasteiger partial charge in [0.2, 0.25) is 5.91 Å². The molecule has 0 saturated heterocycles. The molecule has 3 heterocycles. The molecule has 7 nitrogen and oxygen atoms in total. The van der Waals surface area contributed by atoms with Gasteiger partial charge in [-0.1, -0.05) is 36.4 Å². The molecular formula is C25H20N4O3. The lowest BCUT2D eigenvalue weighted by Gasteiger charge is -2.28. The van der Waals surface area contributed by atoms with Crippen LogP contribution in [0.2, 0.25) is 0 Å². The second-order valence-corrected chi connectivity index (χ2v) is 7.58. The number of ether oxygens (including phenoxy) is 1. The summed E-state index contributed by atoms with van der Waals surface area (Å²) < 4.78 is 5.98. The van der Waals surface area contributed by atoms with Crippen LogP contribution < -0.4 is 15.6 Å². The summed E-state index contributed by atoms with van der Waals surface area (Å²) in [5, 5.41) is 3.07. The number of aromatic nitrogens is 3. The largest absolute Gasteiger partial charge is 0.457 e. The molecule has 32 heavy (non-hydrogen) atoms. The molecule has 0 aliphatic carbocycles. The Morgan fingerprint density at radius 3 is 2.34 bits per heavy atom. The molecule has 158 valence electrons. The van der Waals surface area contributed by atoms with Crippen LogP contribution in [-0.2, 0) is 11.2 Å². The highest BCUT2D eigenvalue weighted by atomic mass is 16.5. The smallest absolute Gasteiger partial charge is 0.255 e. The van der Waals surface area contributed by atoms with Gasteiger partial charge in [0.1, 0.15) is 17.3 Å². The van der Waals surface area contributed by atoms with Crippen molar-refractivity contribution in [1.29, 1.82) is 0 Å². The molecule has 0 radical (unpaired) electrons. The maximum Gasteiger partial charge on any atom is 0.255 e. The standard InChI is InChI=1S/C25H20N4O3/c1-15-19(25(31)29-24(27-15)16-7-6-12-26-14-16)13-22(30)28-23-17-8-2-4-10-20(17)32-21-11-5-3-9-18(21)23/h2-12,14,23H,13H2,1H3,(H,28,30)(H,27,29,31). The van der Waals surface area contributed by atoms with E-state index in [1.807, 2.05) is 54.6 Å². The highest BCUT2D eigenvalue weighted by molar-refractivity contribution is 5.80. The Kier molecular flexibility index (Phi) is 4.99. The van der Waals surface area contributed by atoms with Crippen LogP contribution in [0.25, 0.3) is 11.4 Å². The van der Waals surface area contributed by atoms with Crippen LogP contribution in [0, 0.1) is 6.92 Å². The predicted molar refractivity (Wildman–Crippen MR) is 119 cm³/mol. The molecule has 4 aromatic rings. The fourth-order valence-electron chi connectivity index (χ4n) is 3.90. The van der Waals surface area contributed by atoms with Crippen LogP contribution in [0.15, 0.2) is 77.9 Å². The van der Waals surface area contributed by atoms with Gasteiger partial charge >= 0.3 is 0 Å². The molecule has 0 fully saturated rings. The zero-order valence-electron chi connectivity index (χ0n) is 17.3. The van der Waals surface area contributed by atoms with Crippen LogP contribution in [-0.4, -0.2) is 20.9 Å². The number of para-hydroxylation sites is 2. The van der Waals surface area contributed by atoms with E-state index in [9.17, 15) is 9.59 Å². The molecule has 7 heteroatoms. The first-order valence-electron chi connectivity index (χ1n) is 10.3. The molecule has 0 unspecified atom stereocenters. The van der Waals surface area contributed by atoms with Crippen molar-refractivity contribution in [2.24, 2.45) is 0 Å². The van der Waals surface area contributed by atoms with E-state index in [4.69, 9.17) is 4.74 Å². The lowest BCUT2D eigenvalue weighted by Crippen LogP contribution is -2.34. The molecule has 1 aliphatic heterocycles. The number of carbonyl (C=O) groups is 1. The molecule has 1 aliphatic rings. The van der Waals surface area contributed by atoms with Crippen molar-refractivity contribution in [3.05, 3.63) is 106 Å². The highest BCUT2D eigenvalue weighted by Crippen LogP contribution is 2.42. The molecule has 0 bridgehead atoms. The van der Waals surface area contributed by atoms with Gasteiger partial charge in [-0.15, -0.1) is 0 Å². The lowest BCUT2D eigenvalue weighted by atomic mass is 9.94. The van der Waals surface area contributed by atoms with E-state index in [0.717, 1.165) is 11.1 Å². The van der Waals surface area contributed by atoms with Gasteiger partial charge in [0, 0.05) is 40.3 Å². The third-order valence-corrected chi connectivity index (χ3v) is 5.48. The van der Waals surface area contributed by atoms with Crippen LogP contribution in [0.1, 0.15) is 28.4 Å². The zero-order chi connectivity index (χ0) is 22.1. The fourth-order valence-corrected chi connectivity index (χ4v) is 3.90. The van der Waals surface area contributed by atoms with Gasteiger partial charge in [0.25, 0.3) is 5.56 Å². The molecule has 0 atom stereocenters. The van der Waals surface area contributed by atoms with Gasteiger partial charge < -0.3 is 15.0 Å². The Morgan fingerprint density at radius 1 is 1.03 bits per heavy atom. The second-order valence-electron chi connectivity index (χ2n) is 7.58. The maximum atomic E-state index is 13.0. The lowest BCUT2D eigenvalue weighted by molar-refractivity contribution is -0.121. The van der Waals surface area contributed by atoms with Crippen molar-refractivity contribution in [1.82, 2.24) is 20.3 Å². The molecule has 2 aromatic carbocycles. The number of nitrogens with zero attached hydrogens (tertiary/aromatic N) is 2. The fraction of sp³-hybridized carbons (Fsp3) is 0.120. The Labute approximate surface area is 184 Å². The van der Waals surface area contributed by atoms with Gasteiger partial charge in [-0.2, -0.15) is 0 Å². The molecular weight excluding hydrogens is 404 g/mol. The molecule has 1 amide bonds. The second kappa shape index (κ2) is 8.11. The molecule has 2 aromatic heterocycles. The molecule has 0 saturated carbocycles. The monoisotopic (exact) mass is 424 g/mol. The number of hydrogen-bond donors (Lipinski definition) is 2. The summed E-state index contributed by atoms with van der Waals surface area (Å²) in [5.41, 5.74) is 2.96. The van der Waals surface area contributed by atoms with Gasteiger partial charge in [0.05, 0.1) is 12.5 Å². The van der Waals surface area contributed by atoms with Crippen molar-refractivity contribution >= 4 is 5.91 Å². The summed E-state index contributed by atoms with van der Waals surface area (Å²) in [6, 6.07) is 18.4. The van der Waals surface area contributed by atoms with E-state index in [2.05, 4.69) is 20.3 Å². The van der Waals surface area contributed by atoms with E-state index in [1.165, 1.54) is 0 Å². The third-order valence-electron chi connectivity index (χ3n) is 5.48. The molecule has 0 spiro atoms. The normalized spacial score (nSPS) is 12.4. The number of pyridine rings is 1. The number of aryl methyl sites for hydroxylation is 1. The summed E-state index contributed by atoms with van der Waals surface area (Å²) in [7, 11) is 0. The van der Waals surface area contributed by atoms with Gasteiger partial charge in [-0.25, -0.2) is 4.98 Å². The zero-order valence-corrected chi connectivity index (χ0v) is 17.3. The Balaban J connectivity index is 1.42. The van der Waals surface area contributed by atoms with Crippen molar-refractivity contribution in [2.45, 2.75) is 19.4 Å². The summed E-state index contributed by atoms with van der Waals surface area (Å²) >= 11 is 0. The van der Waals surface area contributed by atoms with E-state index in [0.29, 0.717) is 34.1 Å². The summed E-state index contributed by atoms with van der Waals surface area (Å²) in [6.45, 7) is 1.73. The predicted octanol–water partition coefficient (Wildman–Crippen LogP) is 3.69. The average molecular weight is 424 g/mol. The van der Waals surface area contributed by atoms with Crippen LogP contribution in [0.5, 0.6) is 11.5 Å². The SMILES string of the molecule is Cc1nc(-c2cccnc2)[nH]c(=O)c1CC(=O)NC1c2ccccc2Oc2ccccc21. The third kappa shape index (κ3) is 3.65. The number of H-pyrrole nitrogens is 1. The minimum Gasteiger partial charge on any atom is -0.457 e. The minimum atomic E-state index is -0.370. The quantitative estimate of drug-likeness (QED) is 0.521. The van der Waals surface area contributed by atoms with Crippen molar-refractivity contribution in [3.8, 4) is 22.9 Å². The number of hydrogen-bond acceptors (Lipinski definition) is 5. The molecule has 2 N–H and O–H groups in total. The van der Waals surface area contributed by atoms with E-state index in [-0.39, 0.29) is 23.9 Å². The van der Waals surface area contributed by atoms with Gasteiger partial charge in [-0.3, -0.25) is 14.6 Å². The number of carbonyl (C=O) groups excluding carboxylic acids is 1. The van der Waals surface area contributed by atoms with E-state index < -0.39 is 0 Å². The van der Waals surface area contributed by atoms with Crippen molar-refractivity contribution in [2.75, 3.05) is 0 Å². The van der Waals surface area contributed by atoms with Crippen molar-refractivity contribution in [3.63, 3.8) is 0 Å². The first-order chi connectivity index (χ1) is 15.6. The van der Waals surface area contributed by atoms with Crippen LogP contribution >= 0.6 is 0 Å². The number of benzene rings is 2. The number of rotatable bonds is 4. The van der Waals surface area contributed by atoms with E-state index >= 15 is 0 Å². The maximum absolute atomic E-state index is 13.0. The average Bonchev–Trinajstić information content (AvgIpc) is 2.81. The number of aromatic amines is 1. The minimum absolute atomic E-state index is 0.0802. The number of fused-ring (bicyclic) bond motifs is 2. The summed E-state index contributed by atoms with van der Waals surface area (Å²) in [5.74, 6) is 1.56. The Bertz CT molecular complexity index is 1320. The number of amides is 1. The number of nitrogens with one attached hydrogen (secondary N) is 2. The van der Waals surface area contributed by atoms with Gasteiger partial charge in [0.15, 0.2) is 0 Å². The first kappa shape index (κ1) is 19.7. The van der Waals surface area contributed by atoms with Gasteiger partial charge in [-0.05, 0) is 31.2 Å². The highest BCUT2D eigenvalue weighted by Gasteiger charge is 2.28. The topological polar surface area (TPSA) is 97.0 Å². The Hall–Kier alpha value is -4.26.